The number of hydrogen-bond acceptors (Lipinski definition) is 4. The van der Waals surface area contributed by atoms with Crippen LogP contribution in [0.1, 0.15) is 29.7 Å². The van der Waals surface area contributed by atoms with Crippen LogP contribution in [0.4, 0.5) is 0 Å². The minimum Gasteiger partial charge on any atom is -0.482 e. The van der Waals surface area contributed by atoms with Gasteiger partial charge in [0.15, 0.2) is 13.2 Å². The van der Waals surface area contributed by atoms with Gasteiger partial charge >= 0.3 is 5.97 Å². The topological polar surface area (TPSA) is 64.6 Å². The van der Waals surface area contributed by atoms with E-state index in [1.807, 2.05) is 63.2 Å². The average Bonchev–Trinajstić information content (AvgIpc) is 2.61. The number of esters is 1. The summed E-state index contributed by atoms with van der Waals surface area (Å²) in [6.07, 6.45) is 0. The third-order valence-corrected chi connectivity index (χ3v) is 3.88. The molecule has 5 nitrogen and oxygen atoms in total. The predicted molar refractivity (Wildman–Crippen MR) is 95.4 cm³/mol. The van der Waals surface area contributed by atoms with Crippen molar-refractivity contribution in [2.24, 2.45) is 0 Å². The molecule has 0 aliphatic rings. The van der Waals surface area contributed by atoms with Crippen LogP contribution in [-0.2, 0) is 14.3 Å². The van der Waals surface area contributed by atoms with Crippen molar-refractivity contribution in [3.63, 3.8) is 0 Å². The lowest BCUT2D eigenvalue weighted by Crippen LogP contribution is -2.31. The van der Waals surface area contributed by atoms with Crippen LogP contribution in [-0.4, -0.2) is 25.1 Å². The minimum atomic E-state index is -0.583. The van der Waals surface area contributed by atoms with E-state index >= 15 is 0 Å². The van der Waals surface area contributed by atoms with Crippen molar-refractivity contribution >= 4 is 11.9 Å². The Labute approximate surface area is 148 Å². The number of ether oxygens (including phenoxy) is 2. The van der Waals surface area contributed by atoms with Gasteiger partial charge in [0.1, 0.15) is 5.75 Å². The zero-order valence-corrected chi connectivity index (χ0v) is 14.7. The van der Waals surface area contributed by atoms with Gasteiger partial charge in [-0.15, -0.1) is 0 Å². The summed E-state index contributed by atoms with van der Waals surface area (Å²) in [5, 5.41) is 2.78. The number of aryl methyl sites for hydroxylation is 2. The molecule has 2 rings (SSSR count). The van der Waals surface area contributed by atoms with Crippen LogP contribution in [0.15, 0.2) is 48.5 Å². The molecule has 132 valence electrons. The maximum Gasteiger partial charge on any atom is 0.344 e. The van der Waals surface area contributed by atoms with Crippen molar-refractivity contribution in [1.29, 1.82) is 0 Å². The van der Waals surface area contributed by atoms with E-state index in [1.165, 1.54) is 0 Å². The first kappa shape index (κ1) is 18.5. The van der Waals surface area contributed by atoms with Crippen molar-refractivity contribution in [2.75, 3.05) is 13.2 Å². The molecule has 2 aromatic rings. The second-order valence-electron chi connectivity index (χ2n) is 5.90. The Morgan fingerprint density at radius 2 is 1.72 bits per heavy atom. The third-order valence-electron chi connectivity index (χ3n) is 3.88. The molecule has 1 unspecified atom stereocenters. The van der Waals surface area contributed by atoms with E-state index < -0.39 is 5.97 Å². The summed E-state index contributed by atoms with van der Waals surface area (Å²) >= 11 is 0. The summed E-state index contributed by atoms with van der Waals surface area (Å²) < 4.78 is 10.3. The number of amides is 1. The van der Waals surface area contributed by atoms with Gasteiger partial charge in [-0.25, -0.2) is 4.79 Å². The molecule has 0 bridgehead atoms. The zero-order chi connectivity index (χ0) is 18.2. The predicted octanol–water partition coefficient (Wildman–Crippen LogP) is 3.10. The molecule has 5 heteroatoms. The summed E-state index contributed by atoms with van der Waals surface area (Å²) in [6.45, 7) is 5.29. The van der Waals surface area contributed by atoms with E-state index in [-0.39, 0.29) is 25.2 Å². The summed E-state index contributed by atoms with van der Waals surface area (Å²) in [5.74, 6) is -0.334. The zero-order valence-electron chi connectivity index (χ0n) is 14.7. The highest BCUT2D eigenvalue weighted by atomic mass is 16.6. The molecular weight excluding hydrogens is 318 g/mol. The molecule has 1 N–H and O–H groups in total. The fourth-order valence-corrected chi connectivity index (χ4v) is 2.24. The Morgan fingerprint density at radius 1 is 1.00 bits per heavy atom. The van der Waals surface area contributed by atoms with Gasteiger partial charge in [-0.3, -0.25) is 4.79 Å². The van der Waals surface area contributed by atoms with Gasteiger partial charge in [0.05, 0.1) is 6.04 Å². The molecule has 0 fully saturated rings. The summed E-state index contributed by atoms with van der Waals surface area (Å²) in [4.78, 5) is 23.6. The average molecular weight is 341 g/mol. The maximum atomic E-state index is 11.9. The summed E-state index contributed by atoms with van der Waals surface area (Å²) in [5.41, 5.74) is 3.22. The molecule has 0 aliphatic heterocycles. The van der Waals surface area contributed by atoms with E-state index in [9.17, 15) is 9.59 Å². The Kier molecular flexibility index (Phi) is 6.57. The Balaban J connectivity index is 1.72. The van der Waals surface area contributed by atoms with Crippen molar-refractivity contribution in [3.05, 3.63) is 65.2 Å². The SMILES string of the molecule is Cc1ccc(OCC(=O)OCC(=O)NC(C)c2ccccc2)cc1C. The van der Waals surface area contributed by atoms with Gasteiger partial charge in [0.25, 0.3) is 5.91 Å². The molecule has 0 aromatic heterocycles. The number of rotatable bonds is 7. The number of carbonyl (C=O) groups is 2. The fraction of sp³-hybridized carbons (Fsp3) is 0.300. The van der Waals surface area contributed by atoms with Crippen LogP contribution < -0.4 is 10.1 Å². The second kappa shape index (κ2) is 8.87. The van der Waals surface area contributed by atoms with E-state index in [0.717, 1.165) is 16.7 Å². The Bertz CT molecular complexity index is 728. The number of hydrogen-bond donors (Lipinski definition) is 1. The normalized spacial score (nSPS) is 11.5. The molecule has 1 atom stereocenters. The highest BCUT2D eigenvalue weighted by Gasteiger charge is 2.12. The van der Waals surface area contributed by atoms with E-state index in [0.29, 0.717) is 5.75 Å². The third kappa shape index (κ3) is 5.95. The van der Waals surface area contributed by atoms with Crippen LogP contribution in [0.25, 0.3) is 0 Å². The van der Waals surface area contributed by atoms with Crippen molar-refractivity contribution in [3.8, 4) is 5.75 Å². The Morgan fingerprint density at radius 3 is 2.40 bits per heavy atom. The van der Waals surface area contributed by atoms with Gasteiger partial charge < -0.3 is 14.8 Å². The van der Waals surface area contributed by atoms with Crippen molar-refractivity contribution in [1.82, 2.24) is 5.32 Å². The van der Waals surface area contributed by atoms with E-state index in [4.69, 9.17) is 9.47 Å². The molecular formula is C20H23NO4. The molecule has 0 spiro atoms. The molecule has 0 heterocycles. The molecule has 0 saturated heterocycles. The fourth-order valence-electron chi connectivity index (χ4n) is 2.24. The van der Waals surface area contributed by atoms with Crippen LogP contribution >= 0.6 is 0 Å². The largest absolute Gasteiger partial charge is 0.482 e. The van der Waals surface area contributed by atoms with Crippen LogP contribution in [0.5, 0.6) is 5.75 Å². The molecule has 2 aromatic carbocycles. The summed E-state index contributed by atoms with van der Waals surface area (Å²) in [7, 11) is 0. The maximum absolute atomic E-state index is 11.9. The van der Waals surface area contributed by atoms with Gasteiger partial charge in [0, 0.05) is 0 Å². The van der Waals surface area contributed by atoms with Crippen molar-refractivity contribution < 1.29 is 19.1 Å². The first-order chi connectivity index (χ1) is 12.0. The van der Waals surface area contributed by atoms with E-state index in [2.05, 4.69) is 5.32 Å². The van der Waals surface area contributed by atoms with Crippen LogP contribution in [0.2, 0.25) is 0 Å². The van der Waals surface area contributed by atoms with Crippen molar-refractivity contribution in [2.45, 2.75) is 26.8 Å². The molecule has 0 aliphatic carbocycles. The quantitative estimate of drug-likeness (QED) is 0.786. The van der Waals surface area contributed by atoms with Crippen LogP contribution in [0.3, 0.4) is 0 Å². The minimum absolute atomic E-state index is 0.154. The highest BCUT2D eigenvalue weighted by Crippen LogP contribution is 2.16. The number of carbonyl (C=O) groups excluding carboxylic acids is 2. The van der Waals surface area contributed by atoms with Gasteiger partial charge in [0.2, 0.25) is 0 Å². The molecule has 1 amide bonds. The van der Waals surface area contributed by atoms with Gasteiger partial charge in [-0.2, -0.15) is 0 Å². The first-order valence-corrected chi connectivity index (χ1v) is 8.15. The molecule has 25 heavy (non-hydrogen) atoms. The first-order valence-electron chi connectivity index (χ1n) is 8.15. The number of nitrogens with one attached hydrogen (secondary N) is 1. The standard InChI is InChI=1S/C20H23NO4/c1-14-9-10-18(11-15(14)2)24-13-20(23)25-12-19(22)21-16(3)17-7-5-4-6-8-17/h4-11,16H,12-13H2,1-3H3,(H,21,22). The smallest absolute Gasteiger partial charge is 0.344 e. The Hall–Kier alpha value is -2.82. The second-order valence-corrected chi connectivity index (χ2v) is 5.90. The molecule has 0 radical (unpaired) electrons. The summed E-state index contributed by atoms with van der Waals surface area (Å²) in [6, 6.07) is 15.0. The van der Waals surface area contributed by atoms with Crippen LogP contribution in [0, 0.1) is 13.8 Å². The highest BCUT2D eigenvalue weighted by molar-refractivity contribution is 5.81. The monoisotopic (exact) mass is 341 g/mol. The lowest BCUT2D eigenvalue weighted by Gasteiger charge is -2.14. The van der Waals surface area contributed by atoms with E-state index in [1.54, 1.807) is 6.07 Å². The lowest BCUT2D eigenvalue weighted by molar-refractivity contribution is -0.150. The lowest BCUT2D eigenvalue weighted by atomic mass is 10.1. The number of benzene rings is 2. The van der Waals surface area contributed by atoms with Gasteiger partial charge in [-0.05, 0) is 49.6 Å². The van der Waals surface area contributed by atoms with Gasteiger partial charge in [-0.1, -0.05) is 36.4 Å². The molecule has 0 saturated carbocycles.